The van der Waals surface area contributed by atoms with E-state index in [1.807, 2.05) is 19.1 Å². The standard InChI is InChI=1S/C18H22N2O4S/c1-5-13-6-8-14(9-7-13)18(21)19-15-10-11-16(24-4)17(12-15)25(22,23)20(2)3/h6-12H,5H2,1-4H3,(H,19,21). The molecule has 25 heavy (non-hydrogen) atoms. The quantitative estimate of drug-likeness (QED) is 0.857. The number of carbonyl (C=O) groups is 1. The predicted molar refractivity (Wildman–Crippen MR) is 97.6 cm³/mol. The van der Waals surface area contributed by atoms with Crippen molar-refractivity contribution in [2.45, 2.75) is 18.2 Å². The summed E-state index contributed by atoms with van der Waals surface area (Å²) in [5.41, 5.74) is 2.02. The SMILES string of the molecule is CCc1ccc(C(=O)Nc2ccc(OC)c(S(=O)(=O)N(C)C)c2)cc1. The Labute approximate surface area is 148 Å². The first-order valence-corrected chi connectivity index (χ1v) is 9.24. The number of benzene rings is 2. The Morgan fingerprint density at radius 1 is 1.12 bits per heavy atom. The molecule has 0 aliphatic rings. The highest BCUT2D eigenvalue weighted by Crippen LogP contribution is 2.29. The highest BCUT2D eigenvalue weighted by molar-refractivity contribution is 7.89. The van der Waals surface area contributed by atoms with Gasteiger partial charge in [0.05, 0.1) is 7.11 Å². The molecule has 0 fully saturated rings. The summed E-state index contributed by atoms with van der Waals surface area (Å²) in [5, 5.41) is 2.72. The fourth-order valence-corrected chi connectivity index (χ4v) is 3.32. The Kier molecular flexibility index (Phi) is 5.81. The first-order chi connectivity index (χ1) is 11.8. The van der Waals surface area contributed by atoms with Crippen LogP contribution in [-0.2, 0) is 16.4 Å². The lowest BCUT2D eigenvalue weighted by Gasteiger charge is -2.16. The summed E-state index contributed by atoms with van der Waals surface area (Å²) in [7, 11) is 0.585. The molecule has 0 saturated heterocycles. The molecule has 0 heterocycles. The molecule has 0 saturated carbocycles. The van der Waals surface area contributed by atoms with Crippen molar-refractivity contribution < 1.29 is 17.9 Å². The first-order valence-electron chi connectivity index (χ1n) is 7.80. The van der Waals surface area contributed by atoms with Crippen LogP contribution in [0.3, 0.4) is 0 Å². The maximum Gasteiger partial charge on any atom is 0.255 e. The number of nitrogens with one attached hydrogen (secondary N) is 1. The second-order valence-corrected chi connectivity index (χ2v) is 7.78. The van der Waals surface area contributed by atoms with Crippen molar-refractivity contribution >= 4 is 21.6 Å². The lowest BCUT2D eigenvalue weighted by molar-refractivity contribution is 0.102. The van der Waals surface area contributed by atoms with E-state index in [4.69, 9.17) is 4.74 Å². The molecule has 0 unspecified atom stereocenters. The third-order valence-electron chi connectivity index (χ3n) is 3.80. The number of ether oxygens (including phenoxy) is 1. The minimum Gasteiger partial charge on any atom is -0.495 e. The Hall–Kier alpha value is -2.38. The van der Waals surface area contributed by atoms with Gasteiger partial charge in [-0.2, -0.15) is 0 Å². The minimum atomic E-state index is -3.69. The molecule has 2 aromatic rings. The van der Waals surface area contributed by atoms with Crippen LogP contribution in [0.4, 0.5) is 5.69 Å². The van der Waals surface area contributed by atoms with E-state index in [2.05, 4.69) is 5.32 Å². The van der Waals surface area contributed by atoms with E-state index in [-0.39, 0.29) is 16.6 Å². The molecule has 7 heteroatoms. The summed E-state index contributed by atoms with van der Waals surface area (Å²) in [6.07, 6.45) is 0.895. The number of sulfonamides is 1. The second kappa shape index (κ2) is 7.67. The van der Waals surface area contributed by atoms with Crippen LogP contribution in [0.2, 0.25) is 0 Å². The van der Waals surface area contributed by atoms with Gasteiger partial charge < -0.3 is 10.1 Å². The first kappa shape index (κ1) is 19.0. The van der Waals surface area contributed by atoms with Gasteiger partial charge in [0.15, 0.2) is 0 Å². The van der Waals surface area contributed by atoms with Crippen LogP contribution >= 0.6 is 0 Å². The van der Waals surface area contributed by atoms with Gasteiger partial charge in [-0.1, -0.05) is 19.1 Å². The fraction of sp³-hybridized carbons (Fsp3) is 0.278. The lowest BCUT2D eigenvalue weighted by Crippen LogP contribution is -2.23. The van der Waals surface area contributed by atoms with Crippen LogP contribution in [0.15, 0.2) is 47.4 Å². The summed E-state index contributed by atoms with van der Waals surface area (Å²) in [6, 6.07) is 11.8. The fourth-order valence-electron chi connectivity index (χ4n) is 2.25. The van der Waals surface area contributed by atoms with E-state index in [1.165, 1.54) is 33.3 Å². The average molecular weight is 362 g/mol. The van der Waals surface area contributed by atoms with Gasteiger partial charge in [-0.25, -0.2) is 12.7 Å². The highest BCUT2D eigenvalue weighted by Gasteiger charge is 2.23. The molecule has 6 nitrogen and oxygen atoms in total. The molecule has 2 aromatic carbocycles. The number of anilines is 1. The van der Waals surface area contributed by atoms with Gasteiger partial charge in [0.25, 0.3) is 5.91 Å². The Balaban J connectivity index is 2.32. The van der Waals surface area contributed by atoms with Crippen molar-refractivity contribution in [3.05, 3.63) is 53.6 Å². The molecule has 0 atom stereocenters. The maximum absolute atomic E-state index is 12.4. The molecular formula is C18H22N2O4S. The van der Waals surface area contributed by atoms with E-state index in [0.717, 1.165) is 16.3 Å². The Bertz CT molecular complexity index is 859. The van der Waals surface area contributed by atoms with Crippen molar-refractivity contribution in [1.29, 1.82) is 0 Å². The molecule has 1 N–H and O–H groups in total. The van der Waals surface area contributed by atoms with Gasteiger partial charge in [-0.05, 0) is 42.3 Å². The summed E-state index contributed by atoms with van der Waals surface area (Å²) >= 11 is 0. The minimum absolute atomic E-state index is 0.000805. The number of methoxy groups -OCH3 is 1. The maximum atomic E-state index is 12.4. The van der Waals surface area contributed by atoms with Crippen molar-refractivity contribution in [1.82, 2.24) is 4.31 Å². The van der Waals surface area contributed by atoms with Crippen LogP contribution in [0.25, 0.3) is 0 Å². The Morgan fingerprint density at radius 3 is 2.28 bits per heavy atom. The van der Waals surface area contributed by atoms with E-state index in [9.17, 15) is 13.2 Å². The van der Waals surface area contributed by atoms with Crippen LogP contribution in [0.5, 0.6) is 5.75 Å². The van der Waals surface area contributed by atoms with Gasteiger partial charge in [0.2, 0.25) is 10.0 Å². The highest BCUT2D eigenvalue weighted by atomic mass is 32.2. The van der Waals surface area contributed by atoms with Crippen LogP contribution in [0, 0.1) is 0 Å². The smallest absolute Gasteiger partial charge is 0.255 e. The van der Waals surface area contributed by atoms with Crippen molar-refractivity contribution in [2.75, 3.05) is 26.5 Å². The van der Waals surface area contributed by atoms with Gasteiger partial charge in [-0.3, -0.25) is 4.79 Å². The van der Waals surface area contributed by atoms with Crippen molar-refractivity contribution in [3.8, 4) is 5.75 Å². The molecular weight excluding hydrogens is 340 g/mol. The lowest BCUT2D eigenvalue weighted by atomic mass is 10.1. The van der Waals surface area contributed by atoms with Crippen LogP contribution < -0.4 is 10.1 Å². The number of aryl methyl sites for hydroxylation is 1. The zero-order chi connectivity index (χ0) is 18.6. The molecule has 0 aliphatic carbocycles. The molecule has 0 spiro atoms. The predicted octanol–water partition coefficient (Wildman–Crippen LogP) is 2.76. The molecule has 0 aromatic heterocycles. The number of nitrogens with zero attached hydrogens (tertiary/aromatic N) is 1. The van der Waals surface area contributed by atoms with Crippen molar-refractivity contribution in [3.63, 3.8) is 0 Å². The zero-order valence-electron chi connectivity index (χ0n) is 14.7. The van der Waals surface area contributed by atoms with Gasteiger partial charge >= 0.3 is 0 Å². The van der Waals surface area contributed by atoms with Crippen molar-refractivity contribution in [2.24, 2.45) is 0 Å². The van der Waals surface area contributed by atoms with Crippen LogP contribution in [-0.4, -0.2) is 39.8 Å². The van der Waals surface area contributed by atoms with Crippen LogP contribution in [0.1, 0.15) is 22.8 Å². The van der Waals surface area contributed by atoms with Gasteiger partial charge in [0.1, 0.15) is 10.6 Å². The third-order valence-corrected chi connectivity index (χ3v) is 5.64. The summed E-state index contributed by atoms with van der Waals surface area (Å²) in [6.45, 7) is 2.04. The molecule has 0 radical (unpaired) electrons. The monoisotopic (exact) mass is 362 g/mol. The average Bonchev–Trinajstić information content (AvgIpc) is 2.61. The molecule has 2 rings (SSSR count). The Morgan fingerprint density at radius 2 is 1.76 bits per heavy atom. The van der Waals surface area contributed by atoms with E-state index < -0.39 is 10.0 Å². The largest absolute Gasteiger partial charge is 0.495 e. The number of rotatable bonds is 6. The van der Waals surface area contributed by atoms with Gasteiger partial charge in [-0.15, -0.1) is 0 Å². The normalized spacial score (nSPS) is 11.4. The molecule has 0 bridgehead atoms. The van der Waals surface area contributed by atoms with E-state index >= 15 is 0 Å². The number of hydrogen-bond acceptors (Lipinski definition) is 4. The molecule has 134 valence electrons. The number of hydrogen-bond donors (Lipinski definition) is 1. The molecule has 1 amide bonds. The topological polar surface area (TPSA) is 75.7 Å². The second-order valence-electron chi connectivity index (χ2n) is 5.66. The third kappa shape index (κ3) is 4.18. The van der Waals surface area contributed by atoms with E-state index in [0.29, 0.717) is 11.3 Å². The summed E-state index contributed by atoms with van der Waals surface area (Å²) < 4.78 is 31.1. The zero-order valence-corrected chi connectivity index (χ0v) is 15.6. The summed E-state index contributed by atoms with van der Waals surface area (Å²) in [4.78, 5) is 12.4. The number of amides is 1. The molecule has 0 aliphatic heterocycles. The van der Waals surface area contributed by atoms with Gasteiger partial charge in [0, 0.05) is 25.3 Å². The van der Waals surface area contributed by atoms with E-state index in [1.54, 1.807) is 18.2 Å². The summed E-state index contributed by atoms with van der Waals surface area (Å²) in [5.74, 6) is -0.0833. The number of carbonyl (C=O) groups excluding carboxylic acids is 1.